The maximum absolute atomic E-state index is 14.4. The fourth-order valence-corrected chi connectivity index (χ4v) is 5.81. The van der Waals surface area contributed by atoms with Crippen LogP contribution >= 0.6 is 0 Å². The van der Waals surface area contributed by atoms with E-state index >= 15 is 0 Å². The molecular formula is C36H60F2N2O7. The molecule has 1 heterocycles. The van der Waals surface area contributed by atoms with Crippen LogP contribution in [0.25, 0.3) is 0 Å². The number of aliphatic hydroxyl groups is 1. The third-order valence-corrected chi connectivity index (χ3v) is 8.64. The minimum atomic E-state index is -3.08. The molecule has 270 valence electrons. The molecule has 47 heavy (non-hydrogen) atoms. The number of benzene rings is 1. The average Bonchev–Trinajstić information content (AvgIpc) is 2.96. The molecule has 1 aromatic rings. The van der Waals surface area contributed by atoms with E-state index in [9.17, 15) is 23.5 Å². The van der Waals surface area contributed by atoms with Crippen LogP contribution in [0.2, 0.25) is 0 Å². The molecule has 2 rings (SSSR count). The number of rotatable bonds is 18. The number of carbonyl (C=O) groups is 2. The quantitative estimate of drug-likeness (QED) is 0.150. The predicted molar refractivity (Wildman–Crippen MR) is 179 cm³/mol. The van der Waals surface area contributed by atoms with Gasteiger partial charge in [0.05, 0.1) is 24.3 Å². The Kier molecular flexibility index (Phi) is 16.3. The highest BCUT2D eigenvalue weighted by atomic mass is 19.3. The van der Waals surface area contributed by atoms with Gasteiger partial charge in [0.1, 0.15) is 11.4 Å². The van der Waals surface area contributed by atoms with Gasteiger partial charge in [-0.3, -0.25) is 4.79 Å². The number of alkyl halides is 2. The van der Waals surface area contributed by atoms with Crippen LogP contribution in [0.5, 0.6) is 5.75 Å². The summed E-state index contributed by atoms with van der Waals surface area (Å²) in [4.78, 5) is 26.4. The van der Waals surface area contributed by atoms with Crippen molar-refractivity contribution in [1.82, 2.24) is 10.6 Å². The molecule has 9 nitrogen and oxygen atoms in total. The van der Waals surface area contributed by atoms with Gasteiger partial charge in [0.15, 0.2) is 0 Å². The van der Waals surface area contributed by atoms with E-state index in [1.54, 1.807) is 40.0 Å². The third kappa shape index (κ3) is 14.7. The van der Waals surface area contributed by atoms with E-state index in [4.69, 9.17) is 18.9 Å². The van der Waals surface area contributed by atoms with Gasteiger partial charge < -0.3 is 34.7 Å². The number of aliphatic hydroxyl groups excluding tert-OH is 1. The van der Waals surface area contributed by atoms with Crippen LogP contribution < -0.4 is 15.4 Å². The molecule has 1 fully saturated rings. The van der Waals surface area contributed by atoms with Crippen molar-refractivity contribution in [1.29, 1.82) is 0 Å². The minimum Gasteiger partial charge on any atom is -0.493 e. The van der Waals surface area contributed by atoms with E-state index in [-0.39, 0.29) is 54.0 Å². The molecule has 0 aromatic heterocycles. The first-order chi connectivity index (χ1) is 21.9. The zero-order valence-corrected chi connectivity index (χ0v) is 30.0. The molecule has 0 bridgehead atoms. The van der Waals surface area contributed by atoms with Gasteiger partial charge >= 0.3 is 6.09 Å². The van der Waals surface area contributed by atoms with Gasteiger partial charge in [0.25, 0.3) is 5.92 Å². The fourth-order valence-electron chi connectivity index (χ4n) is 5.81. The normalized spacial score (nSPS) is 17.2. The van der Waals surface area contributed by atoms with Gasteiger partial charge in [-0.15, -0.1) is 0 Å². The van der Waals surface area contributed by atoms with Gasteiger partial charge in [-0.1, -0.05) is 33.8 Å². The Balaban J connectivity index is 2.32. The Labute approximate surface area is 280 Å². The number of nitrogens with one attached hydrogen (secondary N) is 2. The number of halogens is 2. The summed E-state index contributed by atoms with van der Waals surface area (Å²) in [6.07, 6.45) is 1.38. The second kappa shape index (κ2) is 18.9. The predicted octanol–water partition coefficient (Wildman–Crippen LogP) is 6.63. The lowest BCUT2D eigenvalue weighted by atomic mass is 9.80. The Morgan fingerprint density at radius 2 is 1.68 bits per heavy atom. The number of alkyl carbamates (subject to hydrolysis) is 1. The van der Waals surface area contributed by atoms with Crippen LogP contribution in [0.15, 0.2) is 18.2 Å². The molecule has 11 heteroatoms. The van der Waals surface area contributed by atoms with Crippen molar-refractivity contribution < 1.29 is 42.4 Å². The Morgan fingerprint density at radius 1 is 1.02 bits per heavy atom. The molecule has 1 aromatic carbocycles. The Morgan fingerprint density at radius 3 is 2.23 bits per heavy atom. The van der Waals surface area contributed by atoms with E-state index in [0.29, 0.717) is 39.1 Å². The summed E-state index contributed by atoms with van der Waals surface area (Å²) in [5, 5.41) is 17.7. The summed E-state index contributed by atoms with van der Waals surface area (Å²) in [7, 11) is 1.57. The molecule has 4 atom stereocenters. The standard InChI is InChI=1S/C36H60F2N2O7/c1-23(2)26(19-25-11-12-29(36(8,37)38)32(20-25)46-16-10-15-44-9)21-30(40-34(43)47-35(5,6)7)31(41)22-28(24(3)4)33(42)39-27-13-17-45-18-14-27/h11-12,20,23-24,26-28,30-31,41H,10,13-19,21-22H2,1-9H3,(H,39,42)(H,40,43). The monoisotopic (exact) mass is 670 g/mol. The molecule has 1 aliphatic rings. The SMILES string of the molecule is COCCCOc1cc(CC(CC(NC(=O)OC(C)(C)C)C(O)CC(C(=O)NC2CCOCC2)C(C)C)C(C)C)ccc1C(C)(F)F. The first-order valence-electron chi connectivity index (χ1n) is 17.1. The van der Waals surface area contributed by atoms with Crippen molar-refractivity contribution >= 4 is 12.0 Å². The van der Waals surface area contributed by atoms with Crippen molar-refractivity contribution in [2.75, 3.05) is 33.5 Å². The van der Waals surface area contributed by atoms with Crippen molar-refractivity contribution in [2.24, 2.45) is 23.7 Å². The molecule has 3 N–H and O–H groups in total. The minimum absolute atomic E-state index is 0.0311. The summed E-state index contributed by atoms with van der Waals surface area (Å²) < 4.78 is 50.7. The smallest absolute Gasteiger partial charge is 0.407 e. The maximum atomic E-state index is 14.4. The number of carbonyl (C=O) groups excluding carboxylic acids is 2. The van der Waals surface area contributed by atoms with Crippen molar-refractivity contribution in [3.63, 3.8) is 0 Å². The summed E-state index contributed by atoms with van der Waals surface area (Å²) in [6, 6.07) is 4.07. The van der Waals surface area contributed by atoms with E-state index in [1.165, 1.54) is 6.07 Å². The van der Waals surface area contributed by atoms with Crippen LogP contribution in [0, 0.1) is 23.7 Å². The molecule has 1 saturated heterocycles. The summed E-state index contributed by atoms with van der Waals surface area (Å²) in [5.41, 5.74) is -0.123. The van der Waals surface area contributed by atoms with E-state index in [2.05, 4.69) is 24.5 Å². The van der Waals surface area contributed by atoms with Crippen LogP contribution in [-0.4, -0.2) is 74.4 Å². The highest BCUT2D eigenvalue weighted by Gasteiger charge is 2.34. The zero-order chi connectivity index (χ0) is 35.4. The Hall–Kier alpha value is -2.50. The lowest BCUT2D eigenvalue weighted by molar-refractivity contribution is -0.129. The number of amides is 2. The molecule has 0 radical (unpaired) electrons. The van der Waals surface area contributed by atoms with Crippen LogP contribution in [0.1, 0.15) is 98.6 Å². The third-order valence-electron chi connectivity index (χ3n) is 8.64. The van der Waals surface area contributed by atoms with Gasteiger partial charge in [0, 0.05) is 52.2 Å². The van der Waals surface area contributed by atoms with E-state index in [1.807, 2.05) is 13.8 Å². The van der Waals surface area contributed by atoms with Crippen molar-refractivity contribution in [2.45, 2.75) is 124 Å². The molecule has 1 aliphatic heterocycles. The van der Waals surface area contributed by atoms with Crippen molar-refractivity contribution in [3.8, 4) is 5.75 Å². The zero-order valence-electron chi connectivity index (χ0n) is 30.0. The highest BCUT2D eigenvalue weighted by Crippen LogP contribution is 2.36. The molecule has 2 amide bonds. The highest BCUT2D eigenvalue weighted by molar-refractivity contribution is 5.79. The second-order valence-corrected chi connectivity index (χ2v) is 14.7. The maximum Gasteiger partial charge on any atom is 0.407 e. The molecule has 0 saturated carbocycles. The van der Waals surface area contributed by atoms with Crippen LogP contribution in [-0.2, 0) is 31.3 Å². The lowest BCUT2D eigenvalue weighted by Gasteiger charge is -2.34. The second-order valence-electron chi connectivity index (χ2n) is 14.7. The topological polar surface area (TPSA) is 115 Å². The number of ether oxygens (including phenoxy) is 4. The molecule has 0 aliphatic carbocycles. The van der Waals surface area contributed by atoms with Crippen molar-refractivity contribution in [3.05, 3.63) is 29.3 Å². The summed E-state index contributed by atoms with van der Waals surface area (Å²) in [5.74, 6) is -3.54. The fraction of sp³-hybridized carbons (Fsp3) is 0.778. The van der Waals surface area contributed by atoms with Crippen LogP contribution in [0.4, 0.5) is 13.6 Å². The molecule has 4 unspecified atom stereocenters. The van der Waals surface area contributed by atoms with Gasteiger partial charge in [0.2, 0.25) is 5.91 Å². The summed E-state index contributed by atoms with van der Waals surface area (Å²) >= 11 is 0. The number of hydrogen-bond donors (Lipinski definition) is 3. The first kappa shape index (κ1) is 40.7. The summed E-state index contributed by atoms with van der Waals surface area (Å²) in [6.45, 7) is 16.1. The average molecular weight is 671 g/mol. The van der Waals surface area contributed by atoms with Crippen LogP contribution in [0.3, 0.4) is 0 Å². The number of methoxy groups -OCH3 is 1. The van der Waals surface area contributed by atoms with Gasteiger partial charge in [-0.2, -0.15) is 0 Å². The lowest BCUT2D eigenvalue weighted by Crippen LogP contribution is -2.49. The largest absolute Gasteiger partial charge is 0.493 e. The van der Waals surface area contributed by atoms with Gasteiger partial charge in [-0.05, 0) is 88.3 Å². The molecule has 0 spiro atoms. The number of hydrogen-bond acceptors (Lipinski definition) is 7. The van der Waals surface area contributed by atoms with E-state index < -0.39 is 35.7 Å². The van der Waals surface area contributed by atoms with E-state index in [0.717, 1.165) is 25.3 Å². The first-order valence-corrected chi connectivity index (χ1v) is 17.1. The van der Waals surface area contributed by atoms with Gasteiger partial charge in [-0.25, -0.2) is 13.6 Å². The molecular weight excluding hydrogens is 610 g/mol. The Bertz CT molecular complexity index is 1100.